The largest absolute Gasteiger partial charge is 0.378 e. The lowest BCUT2D eigenvalue weighted by Gasteiger charge is -2.26. The van der Waals surface area contributed by atoms with E-state index in [0.29, 0.717) is 38.4 Å². The molecule has 1 saturated heterocycles. The molecule has 25 heavy (non-hydrogen) atoms. The molecular weight excluding hydrogens is 318 g/mol. The van der Waals surface area contributed by atoms with Crippen LogP contribution in [0.4, 0.5) is 0 Å². The first-order chi connectivity index (χ1) is 12.2. The Hall–Kier alpha value is -2.73. The maximum Gasteiger partial charge on any atom is 0.272 e. The van der Waals surface area contributed by atoms with E-state index in [1.54, 1.807) is 17.0 Å². The first-order valence-corrected chi connectivity index (χ1v) is 8.39. The van der Waals surface area contributed by atoms with Gasteiger partial charge in [-0.25, -0.2) is 0 Å². The lowest BCUT2D eigenvalue weighted by Crippen LogP contribution is -2.41. The van der Waals surface area contributed by atoms with E-state index in [4.69, 9.17) is 4.74 Å². The van der Waals surface area contributed by atoms with Crippen molar-refractivity contribution in [3.05, 3.63) is 65.5 Å². The Morgan fingerprint density at radius 2 is 1.88 bits per heavy atom. The summed E-state index contributed by atoms with van der Waals surface area (Å²) in [6.07, 6.45) is 2.26. The number of benzene rings is 1. The van der Waals surface area contributed by atoms with Gasteiger partial charge in [-0.2, -0.15) is 0 Å². The molecule has 0 atom stereocenters. The van der Waals surface area contributed by atoms with Crippen molar-refractivity contribution in [1.29, 1.82) is 0 Å². The van der Waals surface area contributed by atoms with Crippen LogP contribution in [-0.2, 0) is 11.2 Å². The third-order valence-corrected chi connectivity index (χ3v) is 4.08. The molecule has 2 aromatic rings. The Balaban J connectivity index is 1.58. The molecule has 0 aliphatic carbocycles. The van der Waals surface area contributed by atoms with Crippen molar-refractivity contribution in [2.75, 3.05) is 32.8 Å². The van der Waals surface area contributed by atoms with Gasteiger partial charge in [0.2, 0.25) is 0 Å². The van der Waals surface area contributed by atoms with E-state index in [9.17, 15) is 9.59 Å². The van der Waals surface area contributed by atoms with Crippen LogP contribution in [0.15, 0.2) is 48.7 Å². The second-order valence-electron chi connectivity index (χ2n) is 5.83. The van der Waals surface area contributed by atoms with Crippen LogP contribution in [0.5, 0.6) is 0 Å². The normalized spacial score (nSPS) is 14.2. The highest BCUT2D eigenvalue weighted by atomic mass is 16.5. The molecule has 6 nitrogen and oxygen atoms in total. The number of hydrogen-bond donors (Lipinski definition) is 1. The van der Waals surface area contributed by atoms with Gasteiger partial charge in [-0.15, -0.1) is 0 Å². The highest BCUT2D eigenvalue weighted by molar-refractivity contribution is 5.98. The summed E-state index contributed by atoms with van der Waals surface area (Å²) in [5.41, 5.74) is 1.90. The van der Waals surface area contributed by atoms with Crippen molar-refractivity contribution < 1.29 is 14.3 Å². The minimum absolute atomic E-state index is 0.165. The summed E-state index contributed by atoms with van der Waals surface area (Å²) in [6, 6.07) is 13.1. The number of carbonyl (C=O) groups is 2. The molecule has 1 aromatic carbocycles. The van der Waals surface area contributed by atoms with E-state index < -0.39 is 0 Å². The van der Waals surface area contributed by atoms with Crippen LogP contribution in [-0.4, -0.2) is 54.5 Å². The number of nitrogens with zero attached hydrogens (tertiary/aromatic N) is 2. The number of amides is 2. The van der Waals surface area contributed by atoms with Gasteiger partial charge in [-0.05, 0) is 24.1 Å². The molecule has 1 fully saturated rings. The van der Waals surface area contributed by atoms with Crippen LogP contribution < -0.4 is 5.32 Å². The van der Waals surface area contributed by atoms with E-state index in [1.807, 2.05) is 30.3 Å². The molecule has 2 heterocycles. The maximum absolute atomic E-state index is 12.4. The van der Waals surface area contributed by atoms with Gasteiger partial charge in [-0.1, -0.05) is 30.3 Å². The summed E-state index contributed by atoms with van der Waals surface area (Å²) in [6.45, 7) is 2.71. The molecular formula is C19H21N3O3. The predicted molar refractivity (Wildman–Crippen MR) is 93.4 cm³/mol. The number of nitrogens with one attached hydrogen (secondary N) is 1. The molecule has 0 bridgehead atoms. The molecule has 1 aliphatic heterocycles. The first kappa shape index (κ1) is 17.1. The molecule has 0 unspecified atom stereocenters. The van der Waals surface area contributed by atoms with Crippen LogP contribution in [0.3, 0.4) is 0 Å². The van der Waals surface area contributed by atoms with Gasteiger partial charge < -0.3 is 15.0 Å². The third kappa shape index (κ3) is 4.64. The summed E-state index contributed by atoms with van der Waals surface area (Å²) >= 11 is 0. The number of morpholine rings is 1. The predicted octanol–water partition coefficient (Wildman–Crippen LogP) is 1.53. The smallest absolute Gasteiger partial charge is 0.272 e. The molecule has 0 spiro atoms. The number of hydrogen-bond acceptors (Lipinski definition) is 4. The molecule has 2 amide bonds. The van der Waals surface area contributed by atoms with Crippen LogP contribution in [0, 0.1) is 0 Å². The Morgan fingerprint density at radius 1 is 1.12 bits per heavy atom. The third-order valence-electron chi connectivity index (χ3n) is 4.08. The van der Waals surface area contributed by atoms with Crippen LogP contribution in [0.1, 0.15) is 26.4 Å². The Morgan fingerprint density at radius 3 is 2.64 bits per heavy atom. The fraction of sp³-hybridized carbons (Fsp3) is 0.316. The molecule has 0 radical (unpaired) electrons. The molecule has 3 rings (SSSR count). The topological polar surface area (TPSA) is 71.5 Å². The Labute approximate surface area is 146 Å². The van der Waals surface area contributed by atoms with Gasteiger partial charge in [0.1, 0.15) is 5.69 Å². The van der Waals surface area contributed by atoms with Crippen molar-refractivity contribution in [2.24, 2.45) is 0 Å². The number of ether oxygens (including phenoxy) is 1. The average Bonchev–Trinajstić information content (AvgIpc) is 2.69. The van der Waals surface area contributed by atoms with Gasteiger partial charge in [0.15, 0.2) is 0 Å². The van der Waals surface area contributed by atoms with E-state index in [1.165, 1.54) is 11.8 Å². The summed E-state index contributed by atoms with van der Waals surface area (Å²) < 4.78 is 5.25. The van der Waals surface area contributed by atoms with Crippen molar-refractivity contribution in [3.8, 4) is 0 Å². The molecule has 130 valence electrons. The second kappa shape index (κ2) is 8.39. The average molecular weight is 339 g/mol. The molecule has 1 N–H and O–H groups in total. The Bertz CT molecular complexity index is 728. The van der Waals surface area contributed by atoms with Crippen LogP contribution in [0.2, 0.25) is 0 Å². The lowest BCUT2D eigenvalue weighted by atomic mass is 10.1. The molecule has 1 aliphatic rings. The van der Waals surface area contributed by atoms with E-state index in [0.717, 1.165) is 6.42 Å². The number of aromatic nitrogens is 1. The zero-order valence-corrected chi connectivity index (χ0v) is 14.0. The summed E-state index contributed by atoms with van der Waals surface area (Å²) in [5, 5.41) is 2.88. The number of carbonyl (C=O) groups excluding carboxylic acids is 2. The van der Waals surface area contributed by atoms with E-state index in [2.05, 4.69) is 10.3 Å². The van der Waals surface area contributed by atoms with Crippen molar-refractivity contribution in [1.82, 2.24) is 15.2 Å². The zero-order valence-electron chi connectivity index (χ0n) is 14.0. The maximum atomic E-state index is 12.4. The minimum atomic E-state index is -0.200. The SMILES string of the molecule is O=C(NCCc1ccccc1)c1ccnc(C(=O)N2CCOCC2)c1. The van der Waals surface area contributed by atoms with E-state index >= 15 is 0 Å². The van der Waals surface area contributed by atoms with Crippen LogP contribution in [0.25, 0.3) is 0 Å². The summed E-state index contributed by atoms with van der Waals surface area (Å²) in [7, 11) is 0. The molecule has 6 heteroatoms. The summed E-state index contributed by atoms with van der Waals surface area (Å²) in [4.78, 5) is 30.6. The van der Waals surface area contributed by atoms with Crippen molar-refractivity contribution >= 4 is 11.8 Å². The molecule has 1 aromatic heterocycles. The van der Waals surface area contributed by atoms with Gasteiger partial charge >= 0.3 is 0 Å². The van der Waals surface area contributed by atoms with Crippen molar-refractivity contribution in [3.63, 3.8) is 0 Å². The van der Waals surface area contributed by atoms with Crippen molar-refractivity contribution in [2.45, 2.75) is 6.42 Å². The first-order valence-electron chi connectivity index (χ1n) is 8.39. The Kier molecular flexibility index (Phi) is 5.74. The fourth-order valence-corrected chi connectivity index (χ4v) is 2.68. The highest BCUT2D eigenvalue weighted by Crippen LogP contribution is 2.08. The quantitative estimate of drug-likeness (QED) is 0.897. The zero-order chi connectivity index (χ0) is 17.5. The van der Waals surface area contributed by atoms with Crippen LogP contribution >= 0.6 is 0 Å². The monoisotopic (exact) mass is 339 g/mol. The number of rotatable bonds is 5. The van der Waals surface area contributed by atoms with Gasteiger partial charge in [-0.3, -0.25) is 14.6 Å². The summed E-state index contributed by atoms with van der Waals surface area (Å²) in [5.74, 6) is -0.364. The van der Waals surface area contributed by atoms with Gasteiger partial charge in [0, 0.05) is 31.4 Å². The van der Waals surface area contributed by atoms with Gasteiger partial charge in [0.05, 0.1) is 13.2 Å². The van der Waals surface area contributed by atoms with E-state index in [-0.39, 0.29) is 17.5 Å². The lowest BCUT2D eigenvalue weighted by molar-refractivity contribution is 0.0299. The molecule has 0 saturated carbocycles. The highest BCUT2D eigenvalue weighted by Gasteiger charge is 2.20. The number of pyridine rings is 1. The second-order valence-corrected chi connectivity index (χ2v) is 5.83. The standard InChI is InChI=1S/C19H21N3O3/c23-18(21-8-6-15-4-2-1-3-5-15)16-7-9-20-17(14-16)19(24)22-10-12-25-13-11-22/h1-5,7,9,14H,6,8,10-13H2,(H,21,23). The minimum Gasteiger partial charge on any atom is -0.378 e. The van der Waals surface area contributed by atoms with Gasteiger partial charge in [0.25, 0.3) is 11.8 Å². The fourth-order valence-electron chi connectivity index (χ4n) is 2.68.